The van der Waals surface area contributed by atoms with Crippen molar-refractivity contribution in [2.24, 2.45) is 0 Å². The Bertz CT molecular complexity index is 423. The van der Waals surface area contributed by atoms with Crippen LogP contribution < -0.4 is 0 Å². The van der Waals surface area contributed by atoms with Crippen LogP contribution in [-0.4, -0.2) is 44.7 Å². The van der Waals surface area contributed by atoms with E-state index in [2.05, 4.69) is 10.2 Å². The third kappa shape index (κ3) is 1.91. The van der Waals surface area contributed by atoms with E-state index in [0.29, 0.717) is 11.3 Å². The van der Waals surface area contributed by atoms with E-state index in [1.165, 1.54) is 32.0 Å². The van der Waals surface area contributed by atoms with Gasteiger partial charge in [0, 0.05) is 12.7 Å². The maximum atomic E-state index is 12.0. The Kier molecular flexibility index (Phi) is 3.02. The summed E-state index contributed by atoms with van der Waals surface area (Å²) in [5.74, 6) is -1.41. The number of aliphatic carboxylic acids is 1. The molecule has 6 heteroatoms. The molecule has 0 aliphatic carbocycles. The Hall–Kier alpha value is -1.85. The summed E-state index contributed by atoms with van der Waals surface area (Å²) in [6.07, 6.45) is 1.39. The Labute approximate surface area is 93.3 Å². The molecule has 16 heavy (non-hydrogen) atoms. The van der Waals surface area contributed by atoms with Gasteiger partial charge in [-0.15, -0.1) is 0 Å². The van der Waals surface area contributed by atoms with E-state index >= 15 is 0 Å². The number of carboxylic acid groups (broad SMARTS) is 1. The number of hydrogen-bond acceptors (Lipinski definition) is 3. The molecule has 1 heterocycles. The molecule has 0 unspecified atom stereocenters. The molecule has 1 aromatic heterocycles. The first-order valence-electron chi connectivity index (χ1n) is 4.80. The Balaban J connectivity index is 3.00. The lowest BCUT2D eigenvalue weighted by Crippen LogP contribution is -2.50. The van der Waals surface area contributed by atoms with Crippen molar-refractivity contribution in [2.75, 3.05) is 7.05 Å². The zero-order chi connectivity index (χ0) is 12.5. The maximum absolute atomic E-state index is 12.0. The molecule has 1 rings (SSSR count). The fraction of sp³-hybridized carbons (Fsp3) is 0.500. The Morgan fingerprint density at radius 3 is 2.44 bits per heavy atom. The molecule has 0 aliphatic heterocycles. The minimum absolute atomic E-state index is 0.362. The predicted molar refractivity (Wildman–Crippen MR) is 57.1 cm³/mol. The number of rotatable bonds is 3. The van der Waals surface area contributed by atoms with E-state index in [-0.39, 0.29) is 5.91 Å². The molecule has 0 saturated carbocycles. The average Bonchev–Trinajstić information content (AvgIpc) is 2.61. The van der Waals surface area contributed by atoms with E-state index in [0.717, 1.165) is 0 Å². The van der Waals surface area contributed by atoms with Crippen molar-refractivity contribution in [3.8, 4) is 0 Å². The number of nitrogens with one attached hydrogen (secondary N) is 1. The molecular formula is C10H15N3O3. The number of aryl methyl sites for hydroxylation is 1. The molecule has 1 amide bonds. The van der Waals surface area contributed by atoms with Gasteiger partial charge in [-0.25, -0.2) is 4.79 Å². The highest BCUT2D eigenvalue weighted by Gasteiger charge is 2.36. The first-order chi connectivity index (χ1) is 7.28. The fourth-order valence-corrected chi connectivity index (χ4v) is 1.14. The maximum Gasteiger partial charge on any atom is 0.329 e. The van der Waals surface area contributed by atoms with Crippen LogP contribution in [0.1, 0.15) is 29.9 Å². The van der Waals surface area contributed by atoms with Crippen molar-refractivity contribution in [1.29, 1.82) is 0 Å². The molecule has 2 N–H and O–H groups in total. The average molecular weight is 225 g/mol. The van der Waals surface area contributed by atoms with Gasteiger partial charge < -0.3 is 10.0 Å². The van der Waals surface area contributed by atoms with Gasteiger partial charge in [-0.2, -0.15) is 5.10 Å². The largest absolute Gasteiger partial charge is 0.480 e. The summed E-state index contributed by atoms with van der Waals surface area (Å²) in [5.41, 5.74) is -0.240. The number of nitrogens with zero attached hydrogens (tertiary/aromatic N) is 2. The van der Waals surface area contributed by atoms with Gasteiger partial charge >= 0.3 is 5.97 Å². The quantitative estimate of drug-likeness (QED) is 0.790. The topological polar surface area (TPSA) is 86.3 Å². The van der Waals surface area contributed by atoms with E-state index in [4.69, 9.17) is 5.11 Å². The number of H-pyrrole nitrogens is 1. The lowest BCUT2D eigenvalue weighted by atomic mass is 10.0. The first-order valence-corrected chi connectivity index (χ1v) is 4.80. The van der Waals surface area contributed by atoms with Crippen molar-refractivity contribution < 1.29 is 14.7 Å². The molecule has 0 saturated heterocycles. The number of aromatic amines is 1. The van der Waals surface area contributed by atoms with Crippen LogP contribution in [0.25, 0.3) is 0 Å². The van der Waals surface area contributed by atoms with Gasteiger partial charge in [0.15, 0.2) is 0 Å². The van der Waals surface area contributed by atoms with Gasteiger partial charge in [0.2, 0.25) is 0 Å². The molecule has 0 bridgehead atoms. The van der Waals surface area contributed by atoms with Gasteiger partial charge in [0.1, 0.15) is 5.54 Å². The summed E-state index contributed by atoms with van der Waals surface area (Å²) in [4.78, 5) is 24.2. The van der Waals surface area contributed by atoms with Crippen LogP contribution in [-0.2, 0) is 4.79 Å². The third-order valence-corrected chi connectivity index (χ3v) is 2.73. The predicted octanol–water partition coefficient (Wildman–Crippen LogP) is 0.653. The summed E-state index contributed by atoms with van der Waals surface area (Å²) in [6.45, 7) is 4.66. The fourth-order valence-electron chi connectivity index (χ4n) is 1.14. The van der Waals surface area contributed by atoms with Crippen LogP contribution in [0.15, 0.2) is 6.20 Å². The zero-order valence-electron chi connectivity index (χ0n) is 9.74. The minimum Gasteiger partial charge on any atom is -0.480 e. The van der Waals surface area contributed by atoms with E-state index in [1.807, 2.05) is 0 Å². The van der Waals surface area contributed by atoms with E-state index < -0.39 is 11.5 Å². The number of carbonyl (C=O) groups excluding carboxylic acids is 1. The zero-order valence-corrected chi connectivity index (χ0v) is 9.74. The summed E-state index contributed by atoms with van der Waals surface area (Å²) in [6, 6.07) is 0. The summed E-state index contributed by atoms with van der Waals surface area (Å²) in [7, 11) is 1.46. The Morgan fingerprint density at radius 2 is 2.06 bits per heavy atom. The first kappa shape index (κ1) is 12.2. The van der Waals surface area contributed by atoms with Crippen molar-refractivity contribution >= 4 is 11.9 Å². The standard InChI is InChI=1S/C10H15N3O3/c1-6-7(5-11-12-6)8(14)13(4)10(2,3)9(15)16/h5H,1-4H3,(H,11,12)(H,15,16). The van der Waals surface area contributed by atoms with Crippen molar-refractivity contribution in [3.63, 3.8) is 0 Å². The van der Waals surface area contributed by atoms with Crippen LogP contribution in [0.5, 0.6) is 0 Å². The normalized spacial score (nSPS) is 11.2. The number of aromatic nitrogens is 2. The second kappa shape index (κ2) is 3.96. The molecule has 1 aromatic rings. The molecule has 0 spiro atoms. The van der Waals surface area contributed by atoms with Gasteiger partial charge in [0.25, 0.3) is 5.91 Å². The van der Waals surface area contributed by atoms with Crippen LogP contribution in [0, 0.1) is 6.92 Å². The van der Waals surface area contributed by atoms with Crippen LogP contribution in [0.2, 0.25) is 0 Å². The number of amides is 1. The van der Waals surface area contributed by atoms with E-state index in [1.54, 1.807) is 6.92 Å². The number of likely N-dealkylation sites (N-methyl/N-ethyl adjacent to an activating group) is 1. The summed E-state index contributed by atoms with van der Waals surface area (Å²) in [5, 5.41) is 15.4. The van der Waals surface area contributed by atoms with Gasteiger partial charge in [0.05, 0.1) is 11.8 Å². The van der Waals surface area contributed by atoms with Crippen molar-refractivity contribution in [3.05, 3.63) is 17.5 Å². The molecule has 6 nitrogen and oxygen atoms in total. The van der Waals surface area contributed by atoms with Crippen molar-refractivity contribution in [2.45, 2.75) is 26.3 Å². The molecular weight excluding hydrogens is 210 g/mol. The highest BCUT2D eigenvalue weighted by atomic mass is 16.4. The van der Waals surface area contributed by atoms with Gasteiger partial charge in [-0.1, -0.05) is 0 Å². The molecule has 0 fully saturated rings. The lowest BCUT2D eigenvalue weighted by molar-refractivity contribution is -0.147. The van der Waals surface area contributed by atoms with E-state index in [9.17, 15) is 9.59 Å². The molecule has 0 atom stereocenters. The van der Waals surface area contributed by atoms with Crippen molar-refractivity contribution in [1.82, 2.24) is 15.1 Å². The van der Waals surface area contributed by atoms with Crippen LogP contribution in [0.4, 0.5) is 0 Å². The molecule has 0 aromatic carbocycles. The Morgan fingerprint density at radius 1 is 1.50 bits per heavy atom. The summed E-state index contributed by atoms with van der Waals surface area (Å²) < 4.78 is 0. The van der Waals surface area contributed by atoms with Crippen LogP contribution >= 0.6 is 0 Å². The summed E-state index contributed by atoms with van der Waals surface area (Å²) >= 11 is 0. The minimum atomic E-state index is -1.25. The highest BCUT2D eigenvalue weighted by Crippen LogP contribution is 2.17. The second-order valence-electron chi connectivity index (χ2n) is 4.14. The lowest BCUT2D eigenvalue weighted by Gasteiger charge is -2.31. The second-order valence-corrected chi connectivity index (χ2v) is 4.14. The molecule has 0 aliphatic rings. The van der Waals surface area contributed by atoms with Crippen LogP contribution in [0.3, 0.4) is 0 Å². The number of carbonyl (C=O) groups is 2. The smallest absolute Gasteiger partial charge is 0.329 e. The SMILES string of the molecule is Cc1[nH]ncc1C(=O)N(C)C(C)(C)C(=O)O. The number of hydrogen-bond donors (Lipinski definition) is 2. The monoisotopic (exact) mass is 225 g/mol. The number of carboxylic acids is 1. The highest BCUT2D eigenvalue weighted by molar-refractivity contribution is 5.98. The van der Waals surface area contributed by atoms with Gasteiger partial charge in [-0.3, -0.25) is 9.89 Å². The molecule has 88 valence electrons. The molecule has 0 radical (unpaired) electrons. The van der Waals surface area contributed by atoms with Gasteiger partial charge in [-0.05, 0) is 20.8 Å². The third-order valence-electron chi connectivity index (χ3n) is 2.73.